The Balaban J connectivity index is 2.04. The van der Waals surface area contributed by atoms with Crippen LogP contribution in [0.25, 0.3) is 0 Å². The summed E-state index contributed by atoms with van der Waals surface area (Å²) in [6, 6.07) is 10.6. The Morgan fingerprint density at radius 3 is 2.38 bits per heavy atom. The maximum Gasteiger partial charge on any atom is 0.264 e. The molecule has 1 N–H and O–H groups in total. The van der Waals surface area contributed by atoms with Crippen LogP contribution in [-0.4, -0.2) is 30.8 Å². The zero-order valence-electron chi connectivity index (χ0n) is 11.7. The predicted octanol–water partition coefficient (Wildman–Crippen LogP) is 3.03. The molecule has 2 amide bonds. The Hall–Kier alpha value is -1.85. The highest BCUT2D eigenvalue weighted by Gasteiger charge is 2.14. The van der Waals surface area contributed by atoms with Crippen molar-refractivity contribution in [3.8, 4) is 0 Å². The second-order valence-corrected chi connectivity index (χ2v) is 6.26. The molecule has 4 nitrogen and oxygen atoms in total. The van der Waals surface area contributed by atoms with E-state index in [1.165, 1.54) is 11.3 Å². The van der Waals surface area contributed by atoms with Crippen LogP contribution in [0.5, 0.6) is 0 Å². The zero-order valence-corrected chi connectivity index (χ0v) is 13.3. The topological polar surface area (TPSA) is 49.4 Å². The average molecular weight is 323 g/mol. The molecule has 2 aromatic rings. The molecule has 0 atom stereocenters. The van der Waals surface area contributed by atoms with Gasteiger partial charge >= 0.3 is 0 Å². The van der Waals surface area contributed by atoms with Crippen LogP contribution in [0, 0.1) is 0 Å². The summed E-state index contributed by atoms with van der Waals surface area (Å²) in [5.74, 6) is -0.193. The summed E-state index contributed by atoms with van der Waals surface area (Å²) in [5.41, 5.74) is 1.56. The van der Waals surface area contributed by atoms with Gasteiger partial charge in [-0.2, -0.15) is 0 Å². The number of halogens is 1. The number of nitrogens with one attached hydrogen (secondary N) is 1. The summed E-state index contributed by atoms with van der Waals surface area (Å²) >= 11 is 7.11. The Bertz CT molecular complexity index is 652. The largest absolute Gasteiger partial charge is 0.355 e. The van der Waals surface area contributed by atoms with Gasteiger partial charge in [0.05, 0.1) is 9.21 Å². The Morgan fingerprint density at radius 1 is 1.19 bits per heavy atom. The number of rotatable bonds is 4. The van der Waals surface area contributed by atoms with Gasteiger partial charge in [-0.1, -0.05) is 23.7 Å². The molecular weight excluding hydrogens is 308 g/mol. The lowest BCUT2D eigenvalue weighted by Gasteiger charge is -2.16. The molecule has 2 rings (SSSR count). The van der Waals surface area contributed by atoms with Crippen LogP contribution in [0.4, 0.5) is 0 Å². The van der Waals surface area contributed by atoms with E-state index in [0.29, 0.717) is 21.3 Å². The average Bonchev–Trinajstić information content (AvgIpc) is 2.93. The molecule has 21 heavy (non-hydrogen) atoms. The SMILES string of the molecule is CNC(=O)c1ccc(CN(C)C(=O)c2ccc(Cl)s2)cc1. The van der Waals surface area contributed by atoms with Crippen molar-refractivity contribution in [3.05, 3.63) is 56.7 Å². The Labute approximate surface area is 132 Å². The van der Waals surface area contributed by atoms with Gasteiger partial charge in [-0.3, -0.25) is 9.59 Å². The molecule has 0 unspecified atom stereocenters. The first-order valence-corrected chi connectivity index (χ1v) is 7.52. The van der Waals surface area contributed by atoms with E-state index in [4.69, 9.17) is 11.6 Å². The first-order chi connectivity index (χ1) is 10.0. The summed E-state index contributed by atoms with van der Waals surface area (Å²) in [4.78, 5) is 25.9. The lowest BCUT2D eigenvalue weighted by Crippen LogP contribution is -2.25. The van der Waals surface area contributed by atoms with Gasteiger partial charge in [-0.25, -0.2) is 0 Å². The van der Waals surface area contributed by atoms with Crippen LogP contribution in [0.1, 0.15) is 25.6 Å². The van der Waals surface area contributed by atoms with Crippen molar-refractivity contribution in [2.24, 2.45) is 0 Å². The molecule has 6 heteroatoms. The fourth-order valence-electron chi connectivity index (χ4n) is 1.87. The van der Waals surface area contributed by atoms with Crippen LogP contribution in [0.15, 0.2) is 36.4 Å². The van der Waals surface area contributed by atoms with Crippen molar-refractivity contribution in [1.82, 2.24) is 10.2 Å². The van der Waals surface area contributed by atoms with Crippen LogP contribution in [0.2, 0.25) is 4.34 Å². The van der Waals surface area contributed by atoms with Crippen LogP contribution >= 0.6 is 22.9 Å². The maximum absolute atomic E-state index is 12.2. The van der Waals surface area contributed by atoms with E-state index in [0.717, 1.165) is 5.56 Å². The predicted molar refractivity (Wildman–Crippen MR) is 85.0 cm³/mol. The molecule has 0 fully saturated rings. The van der Waals surface area contributed by atoms with Crippen LogP contribution < -0.4 is 5.32 Å². The minimum absolute atomic E-state index is 0.0673. The Kier molecular flexibility index (Phi) is 4.98. The van der Waals surface area contributed by atoms with E-state index in [1.807, 2.05) is 12.1 Å². The molecule has 0 aliphatic carbocycles. The molecule has 0 radical (unpaired) electrons. The summed E-state index contributed by atoms with van der Waals surface area (Å²) in [5, 5.41) is 2.57. The third kappa shape index (κ3) is 3.83. The fourth-order valence-corrected chi connectivity index (χ4v) is 2.91. The highest BCUT2D eigenvalue weighted by molar-refractivity contribution is 7.17. The van der Waals surface area contributed by atoms with Gasteiger partial charge in [0.25, 0.3) is 11.8 Å². The quantitative estimate of drug-likeness (QED) is 0.940. The molecule has 0 bridgehead atoms. The number of carbonyl (C=O) groups excluding carboxylic acids is 2. The molecule has 0 aliphatic heterocycles. The molecule has 110 valence electrons. The second-order valence-electron chi connectivity index (χ2n) is 4.54. The van der Waals surface area contributed by atoms with Gasteiger partial charge in [0.1, 0.15) is 0 Å². The van der Waals surface area contributed by atoms with Crippen molar-refractivity contribution in [3.63, 3.8) is 0 Å². The normalized spacial score (nSPS) is 10.2. The van der Waals surface area contributed by atoms with Crippen molar-refractivity contribution in [2.45, 2.75) is 6.54 Å². The van der Waals surface area contributed by atoms with Gasteiger partial charge in [0.15, 0.2) is 0 Å². The summed E-state index contributed by atoms with van der Waals surface area (Å²) in [6.45, 7) is 0.475. The van der Waals surface area contributed by atoms with Crippen molar-refractivity contribution in [2.75, 3.05) is 14.1 Å². The molecule has 0 saturated heterocycles. The highest BCUT2D eigenvalue weighted by Crippen LogP contribution is 2.22. The minimum atomic E-state index is -0.126. The van der Waals surface area contributed by atoms with E-state index in [2.05, 4.69) is 5.32 Å². The number of benzene rings is 1. The number of amides is 2. The monoisotopic (exact) mass is 322 g/mol. The number of nitrogens with zero attached hydrogens (tertiary/aromatic N) is 1. The second kappa shape index (κ2) is 6.74. The maximum atomic E-state index is 12.2. The fraction of sp³-hybridized carbons (Fsp3) is 0.200. The zero-order chi connectivity index (χ0) is 15.4. The molecule has 1 heterocycles. The molecule has 0 spiro atoms. The number of thiophene rings is 1. The van der Waals surface area contributed by atoms with Gasteiger partial charge in [0, 0.05) is 26.2 Å². The van der Waals surface area contributed by atoms with E-state index < -0.39 is 0 Å². The summed E-state index contributed by atoms with van der Waals surface area (Å²) in [7, 11) is 3.33. The smallest absolute Gasteiger partial charge is 0.264 e. The van der Waals surface area contributed by atoms with E-state index >= 15 is 0 Å². The summed E-state index contributed by atoms with van der Waals surface area (Å²) < 4.78 is 0.599. The van der Waals surface area contributed by atoms with E-state index in [-0.39, 0.29) is 11.8 Å². The van der Waals surface area contributed by atoms with Crippen molar-refractivity contribution >= 4 is 34.8 Å². The number of hydrogen-bond acceptors (Lipinski definition) is 3. The van der Waals surface area contributed by atoms with E-state index in [9.17, 15) is 9.59 Å². The van der Waals surface area contributed by atoms with Gasteiger partial charge in [0.2, 0.25) is 0 Å². The van der Waals surface area contributed by atoms with E-state index in [1.54, 1.807) is 43.3 Å². The molecular formula is C15H15ClN2O2S. The lowest BCUT2D eigenvalue weighted by molar-refractivity contribution is 0.0789. The highest BCUT2D eigenvalue weighted by atomic mass is 35.5. The van der Waals surface area contributed by atoms with Gasteiger partial charge in [-0.05, 0) is 29.8 Å². The van der Waals surface area contributed by atoms with Crippen LogP contribution in [0.3, 0.4) is 0 Å². The van der Waals surface area contributed by atoms with Gasteiger partial charge < -0.3 is 10.2 Å². The molecule has 0 saturated carbocycles. The molecule has 1 aromatic heterocycles. The van der Waals surface area contributed by atoms with Gasteiger partial charge in [-0.15, -0.1) is 11.3 Å². The third-order valence-corrected chi connectivity index (χ3v) is 4.21. The Morgan fingerprint density at radius 2 is 1.86 bits per heavy atom. The standard InChI is InChI=1S/C15H15ClN2O2S/c1-17-14(19)11-5-3-10(4-6-11)9-18(2)15(20)12-7-8-13(16)21-12/h3-8H,9H2,1-2H3,(H,17,19). The lowest BCUT2D eigenvalue weighted by atomic mass is 10.1. The molecule has 1 aromatic carbocycles. The third-order valence-electron chi connectivity index (χ3n) is 2.99. The minimum Gasteiger partial charge on any atom is -0.355 e. The van der Waals surface area contributed by atoms with Crippen molar-refractivity contribution in [1.29, 1.82) is 0 Å². The first kappa shape index (κ1) is 15.5. The number of hydrogen-bond donors (Lipinski definition) is 1. The number of carbonyl (C=O) groups is 2. The van der Waals surface area contributed by atoms with Crippen LogP contribution in [-0.2, 0) is 6.54 Å². The molecule has 0 aliphatic rings. The summed E-state index contributed by atoms with van der Waals surface area (Å²) in [6.07, 6.45) is 0. The first-order valence-electron chi connectivity index (χ1n) is 6.33. The van der Waals surface area contributed by atoms with Crippen molar-refractivity contribution < 1.29 is 9.59 Å².